The molecule has 0 amide bonds. The molecule has 1 saturated heterocycles. The lowest BCUT2D eigenvalue weighted by molar-refractivity contribution is 0.400. The smallest absolute Gasteiger partial charge is 0.240 e. The predicted octanol–water partition coefficient (Wildman–Crippen LogP) is 0.694. The maximum atomic E-state index is 12.2. The highest BCUT2D eigenvalue weighted by Gasteiger charge is 2.37. The zero-order chi connectivity index (χ0) is 17.1. The first-order valence-corrected chi connectivity index (χ1v) is 11.0. The van der Waals surface area contributed by atoms with Crippen molar-refractivity contribution in [3.05, 3.63) is 29.8 Å². The van der Waals surface area contributed by atoms with Gasteiger partial charge in [-0.15, -0.1) is 0 Å². The maximum Gasteiger partial charge on any atom is 0.240 e. The Bertz CT molecular complexity index is 742. The molecule has 0 bridgehead atoms. The Morgan fingerprint density at radius 2 is 1.83 bits per heavy atom. The average Bonchev–Trinajstić information content (AvgIpc) is 2.78. The summed E-state index contributed by atoms with van der Waals surface area (Å²) in [6.07, 6.45) is 1.42. The molecule has 0 aromatic heterocycles. The van der Waals surface area contributed by atoms with Crippen molar-refractivity contribution in [2.24, 2.45) is 0 Å². The Labute approximate surface area is 138 Å². The zero-order valence-corrected chi connectivity index (χ0v) is 15.1. The van der Waals surface area contributed by atoms with Crippen molar-refractivity contribution in [1.29, 1.82) is 0 Å². The molecule has 1 aliphatic rings. The van der Waals surface area contributed by atoms with E-state index < -0.39 is 25.4 Å². The number of benzene rings is 1. The van der Waals surface area contributed by atoms with E-state index in [0.717, 1.165) is 12.0 Å². The van der Waals surface area contributed by atoms with Gasteiger partial charge in [0, 0.05) is 18.6 Å². The number of aryl methyl sites for hydroxylation is 1. The van der Waals surface area contributed by atoms with Crippen LogP contribution in [0.1, 0.15) is 25.8 Å². The van der Waals surface area contributed by atoms with Crippen LogP contribution in [0.2, 0.25) is 0 Å². The summed E-state index contributed by atoms with van der Waals surface area (Å²) in [4.78, 5) is 0.240. The van der Waals surface area contributed by atoms with Gasteiger partial charge < -0.3 is 5.32 Å². The molecule has 1 aliphatic heterocycles. The summed E-state index contributed by atoms with van der Waals surface area (Å²) in [7, 11) is -6.50. The molecule has 0 aliphatic carbocycles. The van der Waals surface area contributed by atoms with Gasteiger partial charge >= 0.3 is 0 Å². The SMILES string of the molecule is CCc1ccc(S(=O)(=O)NCCN[C@]2(C)CCS(=O)(=O)C2)cc1. The van der Waals surface area contributed by atoms with Crippen molar-refractivity contribution in [2.75, 3.05) is 24.6 Å². The Kier molecular flexibility index (Phi) is 5.50. The van der Waals surface area contributed by atoms with Gasteiger partial charge in [-0.25, -0.2) is 21.6 Å². The van der Waals surface area contributed by atoms with E-state index in [2.05, 4.69) is 10.0 Å². The van der Waals surface area contributed by atoms with Crippen LogP contribution < -0.4 is 10.0 Å². The summed E-state index contributed by atoms with van der Waals surface area (Å²) in [5, 5.41) is 3.15. The molecular formula is C15H24N2O4S2. The Balaban J connectivity index is 1.85. The fourth-order valence-electron chi connectivity index (χ4n) is 2.69. The van der Waals surface area contributed by atoms with Crippen LogP contribution in [0.4, 0.5) is 0 Å². The Morgan fingerprint density at radius 1 is 1.17 bits per heavy atom. The average molecular weight is 361 g/mol. The molecule has 1 atom stereocenters. The number of hydrogen-bond donors (Lipinski definition) is 2. The van der Waals surface area contributed by atoms with Crippen molar-refractivity contribution < 1.29 is 16.8 Å². The molecule has 1 fully saturated rings. The molecule has 2 N–H and O–H groups in total. The second-order valence-corrected chi connectivity index (χ2v) is 10.2. The summed E-state index contributed by atoms with van der Waals surface area (Å²) >= 11 is 0. The molecule has 1 aromatic rings. The minimum absolute atomic E-state index is 0.102. The monoisotopic (exact) mass is 360 g/mol. The fourth-order valence-corrected chi connectivity index (χ4v) is 5.84. The second kappa shape index (κ2) is 6.88. The molecule has 1 heterocycles. The van der Waals surface area contributed by atoms with Gasteiger partial charge in [-0.1, -0.05) is 19.1 Å². The molecule has 0 unspecified atom stereocenters. The molecule has 8 heteroatoms. The third-order valence-electron chi connectivity index (χ3n) is 4.11. The lowest BCUT2D eigenvalue weighted by atomic mass is 10.0. The highest BCUT2D eigenvalue weighted by molar-refractivity contribution is 7.91. The summed E-state index contributed by atoms with van der Waals surface area (Å²) in [6, 6.07) is 6.80. The van der Waals surface area contributed by atoms with Crippen molar-refractivity contribution in [3.8, 4) is 0 Å². The van der Waals surface area contributed by atoms with Crippen LogP contribution in [-0.4, -0.2) is 47.0 Å². The molecule has 0 saturated carbocycles. The molecular weight excluding hydrogens is 336 g/mol. The van der Waals surface area contributed by atoms with Crippen LogP contribution in [0.15, 0.2) is 29.2 Å². The van der Waals surface area contributed by atoms with E-state index in [4.69, 9.17) is 0 Å². The zero-order valence-electron chi connectivity index (χ0n) is 13.5. The second-order valence-electron chi connectivity index (χ2n) is 6.22. The van der Waals surface area contributed by atoms with E-state index in [1.54, 1.807) is 24.3 Å². The van der Waals surface area contributed by atoms with Crippen molar-refractivity contribution in [2.45, 2.75) is 37.1 Å². The van der Waals surface area contributed by atoms with Gasteiger partial charge in [-0.05, 0) is 37.5 Å². The number of sulfone groups is 1. The van der Waals surface area contributed by atoms with Crippen LogP contribution in [0.5, 0.6) is 0 Å². The van der Waals surface area contributed by atoms with Gasteiger partial charge in [0.05, 0.1) is 16.4 Å². The lowest BCUT2D eigenvalue weighted by Gasteiger charge is -2.24. The summed E-state index contributed by atoms with van der Waals surface area (Å²) in [5.74, 6) is 0.289. The van der Waals surface area contributed by atoms with Crippen LogP contribution in [-0.2, 0) is 26.3 Å². The number of rotatable bonds is 7. The van der Waals surface area contributed by atoms with Crippen molar-refractivity contribution in [1.82, 2.24) is 10.0 Å². The normalized spacial score (nSPS) is 23.9. The van der Waals surface area contributed by atoms with Gasteiger partial charge in [-0.3, -0.25) is 0 Å². The molecule has 6 nitrogen and oxygen atoms in total. The van der Waals surface area contributed by atoms with Gasteiger partial charge in [0.25, 0.3) is 0 Å². The van der Waals surface area contributed by atoms with Gasteiger partial charge in [-0.2, -0.15) is 0 Å². The molecule has 0 spiro atoms. The first-order chi connectivity index (χ1) is 10.7. The van der Waals surface area contributed by atoms with Crippen LogP contribution in [0, 0.1) is 0 Å². The predicted molar refractivity (Wildman–Crippen MR) is 90.7 cm³/mol. The van der Waals surface area contributed by atoms with Crippen LogP contribution in [0.3, 0.4) is 0 Å². The summed E-state index contributed by atoms with van der Waals surface area (Å²) < 4.78 is 49.9. The standard InChI is InChI=1S/C15H24N2O4S2/c1-3-13-4-6-14(7-5-13)23(20,21)17-10-9-16-15(2)8-11-22(18,19)12-15/h4-7,16-17H,3,8-12H2,1-2H3/t15-/m1/s1. The highest BCUT2D eigenvalue weighted by Crippen LogP contribution is 2.22. The van der Waals surface area contributed by atoms with E-state index in [1.807, 2.05) is 13.8 Å². The first kappa shape index (κ1) is 18.4. The van der Waals surface area contributed by atoms with E-state index in [9.17, 15) is 16.8 Å². The van der Waals surface area contributed by atoms with E-state index in [0.29, 0.717) is 13.0 Å². The van der Waals surface area contributed by atoms with E-state index >= 15 is 0 Å². The third-order valence-corrected chi connectivity index (χ3v) is 7.49. The number of nitrogens with one attached hydrogen (secondary N) is 2. The van der Waals surface area contributed by atoms with Crippen molar-refractivity contribution in [3.63, 3.8) is 0 Å². The topological polar surface area (TPSA) is 92.3 Å². The molecule has 23 heavy (non-hydrogen) atoms. The Hall–Kier alpha value is -0.960. The van der Waals surface area contributed by atoms with Gasteiger partial charge in [0.1, 0.15) is 0 Å². The quantitative estimate of drug-likeness (QED) is 0.698. The minimum Gasteiger partial charge on any atom is -0.309 e. The molecule has 1 aromatic carbocycles. The highest BCUT2D eigenvalue weighted by atomic mass is 32.2. The largest absolute Gasteiger partial charge is 0.309 e. The van der Waals surface area contributed by atoms with E-state index in [1.165, 1.54) is 0 Å². The molecule has 2 rings (SSSR count). The van der Waals surface area contributed by atoms with Gasteiger partial charge in [0.15, 0.2) is 9.84 Å². The number of sulfonamides is 1. The van der Waals surface area contributed by atoms with Crippen molar-refractivity contribution >= 4 is 19.9 Å². The number of hydrogen-bond acceptors (Lipinski definition) is 5. The lowest BCUT2D eigenvalue weighted by Crippen LogP contribution is -2.46. The Morgan fingerprint density at radius 3 is 2.35 bits per heavy atom. The van der Waals surface area contributed by atoms with Crippen LogP contribution in [0.25, 0.3) is 0 Å². The fraction of sp³-hybridized carbons (Fsp3) is 0.600. The van der Waals surface area contributed by atoms with Crippen LogP contribution >= 0.6 is 0 Å². The third kappa shape index (κ3) is 5.00. The molecule has 0 radical (unpaired) electrons. The summed E-state index contributed by atoms with van der Waals surface area (Å²) in [6.45, 7) is 4.47. The van der Waals surface area contributed by atoms with E-state index in [-0.39, 0.29) is 22.9 Å². The summed E-state index contributed by atoms with van der Waals surface area (Å²) in [5.41, 5.74) is 0.619. The minimum atomic E-state index is -3.53. The van der Waals surface area contributed by atoms with Gasteiger partial charge in [0.2, 0.25) is 10.0 Å². The molecule has 130 valence electrons. The maximum absolute atomic E-state index is 12.2. The first-order valence-electron chi connectivity index (χ1n) is 7.70.